The first-order valence-corrected chi connectivity index (χ1v) is 9.40. The van der Waals surface area contributed by atoms with Gasteiger partial charge in [-0.15, -0.1) is 0 Å². The molecule has 0 atom stereocenters. The zero-order valence-corrected chi connectivity index (χ0v) is 14.5. The van der Waals surface area contributed by atoms with Gasteiger partial charge in [-0.2, -0.15) is 0 Å². The van der Waals surface area contributed by atoms with E-state index in [-0.39, 0.29) is 44.3 Å². The van der Waals surface area contributed by atoms with Gasteiger partial charge in [-0.25, -0.2) is 13.1 Å². The van der Waals surface area contributed by atoms with Crippen molar-refractivity contribution in [2.45, 2.75) is 32.8 Å². The summed E-state index contributed by atoms with van der Waals surface area (Å²) in [7, 11) is -3.55. The number of ether oxygens (including phenoxy) is 2. The molecule has 1 N–H and O–H groups in total. The second-order valence-corrected chi connectivity index (χ2v) is 6.94. The van der Waals surface area contributed by atoms with Crippen molar-refractivity contribution < 1.29 is 27.5 Å². The lowest BCUT2D eigenvalue weighted by molar-refractivity contribution is -0.145. The van der Waals surface area contributed by atoms with Gasteiger partial charge in [0.15, 0.2) is 0 Å². The molecule has 0 amide bonds. The summed E-state index contributed by atoms with van der Waals surface area (Å²) in [5, 5.41) is 0. The number of hydrogen-bond acceptors (Lipinski definition) is 6. The smallest absolute Gasteiger partial charge is 0.306 e. The fourth-order valence-electron chi connectivity index (χ4n) is 1.79. The fraction of sp³-hybridized carbons (Fsp3) is 0.500. The van der Waals surface area contributed by atoms with Crippen LogP contribution >= 0.6 is 0 Å². The summed E-state index contributed by atoms with van der Waals surface area (Å²) in [4.78, 5) is 22.7. The van der Waals surface area contributed by atoms with E-state index in [1.807, 2.05) is 30.3 Å². The summed E-state index contributed by atoms with van der Waals surface area (Å²) < 4.78 is 35.4. The van der Waals surface area contributed by atoms with Crippen molar-refractivity contribution in [2.75, 3.05) is 18.9 Å². The van der Waals surface area contributed by atoms with E-state index in [9.17, 15) is 18.0 Å². The molecule has 7 nitrogen and oxygen atoms in total. The van der Waals surface area contributed by atoms with Gasteiger partial charge >= 0.3 is 11.9 Å². The standard InChI is InChI=1S/C16H23NO6S/c1-2-22-16(19)10-12-24(20,21)17-11-6-9-15(18)23-13-14-7-4-3-5-8-14/h3-5,7-8,17H,2,6,9-13H2,1H3. The molecule has 8 heteroatoms. The Morgan fingerprint density at radius 3 is 2.38 bits per heavy atom. The van der Waals surface area contributed by atoms with Crippen LogP contribution in [0.4, 0.5) is 0 Å². The zero-order chi connectivity index (χ0) is 17.8. The van der Waals surface area contributed by atoms with Crippen LogP contribution in [0.15, 0.2) is 30.3 Å². The maximum Gasteiger partial charge on any atom is 0.306 e. The normalized spacial score (nSPS) is 11.0. The first-order valence-electron chi connectivity index (χ1n) is 7.75. The van der Waals surface area contributed by atoms with Gasteiger partial charge < -0.3 is 9.47 Å². The third-order valence-corrected chi connectivity index (χ3v) is 4.39. The number of hydrogen-bond donors (Lipinski definition) is 1. The largest absolute Gasteiger partial charge is 0.466 e. The highest BCUT2D eigenvalue weighted by Crippen LogP contribution is 2.02. The number of sulfonamides is 1. The molecule has 1 rings (SSSR count). The van der Waals surface area contributed by atoms with Crippen LogP contribution in [0.25, 0.3) is 0 Å². The van der Waals surface area contributed by atoms with Gasteiger partial charge in [0, 0.05) is 13.0 Å². The number of benzene rings is 1. The van der Waals surface area contributed by atoms with Gasteiger partial charge in [0.1, 0.15) is 6.61 Å². The molecule has 0 saturated heterocycles. The highest BCUT2D eigenvalue weighted by atomic mass is 32.2. The van der Waals surface area contributed by atoms with E-state index in [1.165, 1.54) is 0 Å². The molecule has 134 valence electrons. The third kappa shape index (κ3) is 9.26. The Morgan fingerprint density at radius 2 is 1.71 bits per heavy atom. The molecule has 0 aliphatic rings. The van der Waals surface area contributed by atoms with Gasteiger partial charge in [0.25, 0.3) is 0 Å². The van der Waals surface area contributed by atoms with E-state index in [4.69, 9.17) is 4.74 Å². The lowest BCUT2D eigenvalue weighted by Crippen LogP contribution is -2.29. The summed E-state index contributed by atoms with van der Waals surface area (Å²) in [5.41, 5.74) is 0.894. The summed E-state index contributed by atoms with van der Waals surface area (Å²) in [5.74, 6) is -1.26. The third-order valence-electron chi connectivity index (χ3n) is 3.00. The zero-order valence-electron chi connectivity index (χ0n) is 13.7. The summed E-state index contributed by atoms with van der Waals surface area (Å²) >= 11 is 0. The van der Waals surface area contributed by atoms with Crippen molar-refractivity contribution in [3.63, 3.8) is 0 Å². The molecule has 0 aliphatic heterocycles. The number of nitrogens with one attached hydrogen (secondary N) is 1. The summed E-state index contributed by atoms with van der Waals surface area (Å²) in [6, 6.07) is 9.29. The lowest BCUT2D eigenvalue weighted by Gasteiger charge is -2.07. The number of rotatable bonds is 11. The van der Waals surface area contributed by atoms with E-state index in [0.29, 0.717) is 6.42 Å². The van der Waals surface area contributed by atoms with Crippen molar-refractivity contribution in [1.82, 2.24) is 4.72 Å². The van der Waals surface area contributed by atoms with Crippen LogP contribution in [-0.2, 0) is 35.7 Å². The molecule has 0 spiro atoms. The predicted molar refractivity (Wildman–Crippen MR) is 88.5 cm³/mol. The topological polar surface area (TPSA) is 98.8 Å². The second kappa shape index (κ2) is 10.8. The van der Waals surface area contributed by atoms with Gasteiger partial charge in [-0.05, 0) is 18.9 Å². The molecule has 0 unspecified atom stereocenters. The average Bonchev–Trinajstić information content (AvgIpc) is 2.56. The van der Waals surface area contributed by atoms with Gasteiger partial charge in [-0.3, -0.25) is 9.59 Å². The van der Waals surface area contributed by atoms with Crippen molar-refractivity contribution in [3.8, 4) is 0 Å². The Labute approximate surface area is 142 Å². The van der Waals surface area contributed by atoms with Crippen molar-refractivity contribution in [3.05, 3.63) is 35.9 Å². The average molecular weight is 357 g/mol. The van der Waals surface area contributed by atoms with E-state index >= 15 is 0 Å². The number of carbonyl (C=O) groups excluding carboxylic acids is 2. The fourth-order valence-corrected chi connectivity index (χ4v) is 2.83. The van der Waals surface area contributed by atoms with Crippen molar-refractivity contribution in [1.29, 1.82) is 0 Å². The van der Waals surface area contributed by atoms with Gasteiger partial charge in [0.05, 0.1) is 18.8 Å². The van der Waals surface area contributed by atoms with Crippen molar-refractivity contribution in [2.24, 2.45) is 0 Å². The molecule has 0 bridgehead atoms. The molecule has 0 aliphatic carbocycles. The minimum atomic E-state index is -3.55. The monoisotopic (exact) mass is 357 g/mol. The van der Waals surface area contributed by atoms with Gasteiger partial charge in [-0.1, -0.05) is 30.3 Å². The Hall–Kier alpha value is -1.93. The molecule has 0 fully saturated rings. The van der Waals surface area contributed by atoms with Crippen LogP contribution in [0.3, 0.4) is 0 Å². The minimum Gasteiger partial charge on any atom is -0.466 e. The molecule has 24 heavy (non-hydrogen) atoms. The quantitative estimate of drug-likeness (QED) is 0.474. The summed E-state index contributed by atoms with van der Waals surface area (Å²) in [6.45, 7) is 2.19. The highest BCUT2D eigenvalue weighted by molar-refractivity contribution is 7.89. The molecular formula is C16H23NO6S. The van der Waals surface area contributed by atoms with Crippen LogP contribution in [-0.4, -0.2) is 39.3 Å². The number of carbonyl (C=O) groups is 2. The Kier molecular flexibility index (Phi) is 9.03. The molecular weight excluding hydrogens is 334 g/mol. The van der Waals surface area contributed by atoms with Crippen LogP contribution < -0.4 is 4.72 Å². The maximum atomic E-state index is 11.7. The molecule has 0 aromatic heterocycles. The van der Waals surface area contributed by atoms with E-state index in [1.54, 1.807) is 6.92 Å². The van der Waals surface area contributed by atoms with Crippen LogP contribution in [0.2, 0.25) is 0 Å². The van der Waals surface area contributed by atoms with Crippen LogP contribution in [0, 0.1) is 0 Å². The van der Waals surface area contributed by atoms with E-state index < -0.39 is 16.0 Å². The van der Waals surface area contributed by atoms with Crippen LogP contribution in [0.5, 0.6) is 0 Å². The molecule has 1 aromatic carbocycles. The first kappa shape index (κ1) is 20.1. The molecule has 0 heterocycles. The molecule has 0 saturated carbocycles. The van der Waals surface area contributed by atoms with Gasteiger partial charge in [0.2, 0.25) is 10.0 Å². The van der Waals surface area contributed by atoms with Crippen LogP contribution in [0.1, 0.15) is 31.7 Å². The Morgan fingerprint density at radius 1 is 1.04 bits per heavy atom. The Bertz CT molecular complexity index is 615. The lowest BCUT2D eigenvalue weighted by atomic mass is 10.2. The van der Waals surface area contributed by atoms with E-state index in [2.05, 4.69) is 9.46 Å². The number of esters is 2. The van der Waals surface area contributed by atoms with Crippen molar-refractivity contribution >= 4 is 22.0 Å². The summed E-state index contributed by atoms with van der Waals surface area (Å²) in [6.07, 6.45) is 0.252. The maximum absolute atomic E-state index is 11.7. The van der Waals surface area contributed by atoms with E-state index in [0.717, 1.165) is 5.56 Å². The Balaban J connectivity index is 2.15. The predicted octanol–water partition coefficient (Wildman–Crippen LogP) is 1.38. The first-order chi connectivity index (χ1) is 11.4. The highest BCUT2D eigenvalue weighted by Gasteiger charge is 2.13. The second-order valence-electron chi connectivity index (χ2n) is 5.02. The minimum absolute atomic E-state index is 0.117. The SMILES string of the molecule is CCOC(=O)CCS(=O)(=O)NCCCC(=O)OCc1ccccc1. The molecule has 1 aromatic rings. The molecule has 0 radical (unpaired) electrons.